The Labute approximate surface area is 101 Å². The standard InChI is InChI=1S/C12H18N4O/c1-16(2)10-3-4-11(14-8-10)15-12(17)9-5-6-13-7-9/h3-4,8-9,13H,5-7H2,1-2H3,(H,14,15,17). The van der Waals surface area contributed by atoms with Crippen LogP contribution < -0.4 is 15.5 Å². The second-order valence-electron chi connectivity index (χ2n) is 4.48. The van der Waals surface area contributed by atoms with Gasteiger partial charge >= 0.3 is 0 Å². The van der Waals surface area contributed by atoms with Crippen LogP contribution in [0.25, 0.3) is 0 Å². The Morgan fingerprint density at radius 2 is 2.35 bits per heavy atom. The van der Waals surface area contributed by atoms with Gasteiger partial charge in [-0.1, -0.05) is 0 Å². The van der Waals surface area contributed by atoms with Crippen molar-refractivity contribution < 1.29 is 4.79 Å². The first-order valence-electron chi connectivity index (χ1n) is 5.82. The number of anilines is 2. The summed E-state index contributed by atoms with van der Waals surface area (Å²) in [5, 5.41) is 6.02. The third-order valence-electron chi connectivity index (χ3n) is 2.95. The molecule has 1 aliphatic rings. The lowest BCUT2D eigenvalue weighted by Crippen LogP contribution is -2.25. The molecule has 1 aliphatic heterocycles. The van der Waals surface area contributed by atoms with E-state index in [4.69, 9.17) is 0 Å². The molecule has 92 valence electrons. The van der Waals surface area contributed by atoms with Crippen molar-refractivity contribution >= 4 is 17.4 Å². The van der Waals surface area contributed by atoms with E-state index in [9.17, 15) is 4.79 Å². The summed E-state index contributed by atoms with van der Waals surface area (Å²) in [5.41, 5.74) is 1.02. The number of nitrogens with one attached hydrogen (secondary N) is 2. The Kier molecular flexibility index (Phi) is 3.58. The average Bonchev–Trinajstić information content (AvgIpc) is 2.83. The molecule has 1 amide bonds. The summed E-state index contributed by atoms with van der Waals surface area (Å²) >= 11 is 0. The molecule has 5 heteroatoms. The lowest BCUT2D eigenvalue weighted by molar-refractivity contribution is -0.119. The van der Waals surface area contributed by atoms with Crippen LogP contribution in [-0.4, -0.2) is 38.1 Å². The van der Waals surface area contributed by atoms with Crippen molar-refractivity contribution in [1.29, 1.82) is 0 Å². The summed E-state index contributed by atoms with van der Waals surface area (Å²) in [6.07, 6.45) is 2.66. The maximum atomic E-state index is 11.8. The van der Waals surface area contributed by atoms with Gasteiger partial charge in [0.25, 0.3) is 0 Å². The normalized spacial score (nSPS) is 19.1. The van der Waals surface area contributed by atoms with E-state index in [2.05, 4.69) is 15.6 Å². The van der Waals surface area contributed by atoms with Crippen molar-refractivity contribution in [3.05, 3.63) is 18.3 Å². The van der Waals surface area contributed by atoms with Crippen molar-refractivity contribution in [2.75, 3.05) is 37.4 Å². The third-order valence-corrected chi connectivity index (χ3v) is 2.95. The lowest BCUT2D eigenvalue weighted by Gasteiger charge is -2.13. The number of nitrogens with zero attached hydrogens (tertiary/aromatic N) is 2. The van der Waals surface area contributed by atoms with E-state index in [0.29, 0.717) is 5.82 Å². The maximum Gasteiger partial charge on any atom is 0.229 e. The van der Waals surface area contributed by atoms with E-state index < -0.39 is 0 Å². The fourth-order valence-corrected chi connectivity index (χ4v) is 1.83. The van der Waals surface area contributed by atoms with E-state index in [1.54, 1.807) is 6.20 Å². The first-order chi connectivity index (χ1) is 8.16. The Morgan fingerprint density at radius 3 is 2.88 bits per heavy atom. The summed E-state index contributed by atoms with van der Waals surface area (Å²) in [6.45, 7) is 1.69. The highest BCUT2D eigenvalue weighted by Gasteiger charge is 2.22. The van der Waals surface area contributed by atoms with Gasteiger partial charge < -0.3 is 15.5 Å². The van der Waals surface area contributed by atoms with Crippen molar-refractivity contribution in [2.45, 2.75) is 6.42 Å². The monoisotopic (exact) mass is 234 g/mol. The molecule has 0 saturated carbocycles. The molecule has 1 aromatic rings. The van der Waals surface area contributed by atoms with Gasteiger partial charge in [-0.25, -0.2) is 4.98 Å². The largest absolute Gasteiger partial charge is 0.376 e. The molecule has 0 radical (unpaired) electrons. The second-order valence-corrected chi connectivity index (χ2v) is 4.48. The van der Waals surface area contributed by atoms with Gasteiger partial charge in [-0.2, -0.15) is 0 Å². The van der Waals surface area contributed by atoms with Crippen LogP contribution in [-0.2, 0) is 4.79 Å². The minimum Gasteiger partial charge on any atom is -0.376 e. The van der Waals surface area contributed by atoms with Crippen molar-refractivity contribution in [1.82, 2.24) is 10.3 Å². The highest BCUT2D eigenvalue weighted by atomic mass is 16.2. The fraction of sp³-hybridized carbons (Fsp3) is 0.500. The molecule has 2 rings (SSSR count). The Hall–Kier alpha value is -1.62. The lowest BCUT2D eigenvalue weighted by atomic mass is 10.1. The zero-order chi connectivity index (χ0) is 12.3. The highest BCUT2D eigenvalue weighted by Crippen LogP contribution is 2.14. The number of hydrogen-bond acceptors (Lipinski definition) is 4. The van der Waals surface area contributed by atoms with Gasteiger partial charge in [-0.15, -0.1) is 0 Å². The summed E-state index contributed by atoms with van der Waals surface area (Å²) < 4.78 is 0. The number of pyridine rings is 1. The minimum absolute atomic E-state index is 0.0557. The fourth-order valence-electron chi connectivity index (χ4n) is 1.83. The number of amides is 1. The Balaban J connectivity index is 1.96. The van der Waals surface area contributed by atoms with Crippen LogP contribution in [0.15, 0.2) is 18.3 Å². The van der Waals surface area contributed by atoms with Gasteiger partial charge in [0.05, 0.1) is 17.8 Å². The van der Waals surface area contributed by atoms with Gasteiger partial charge in [-0.05, 0) is 25.1 Å². The van der Waals surface area contributed by atoms with E-state index >= 15 is 0 Å². The minimum atomic E-state index is 0.0557. The van der Waals surface area contributed by atoms with Gasteiger partial charge in [0.15, 0.2) is 0 Å². The number of carbonyl (C=O) groups excluding carboxylic acids is 1. The Morgan fingerprint density at radius 1 is 1.53 bits per heavy atom. The third kappa shape index (κ3) is 2.94. The Bertz CT molecular complexity index is 382. The van der Waals surface area contributed by atoms with E-state index in [0.717, 1.165) is 25.2 Å². The zero-order valence-corrected chi connectivity index (χ0v) is 10.2. The molecule has 0 bridgehead atoms. The van der Waals surface area contributed by atoms with Crippen LogP contribution in [0.2, 0.25) is 0 Å². The van der Waals surface area contributed by atoms with Crippen LogP contribution in [0.5, 0.6) is 0 Å². The SMILES string of the molecule is CN(C)c1ccc(NC(=O)C2CCNC2)nc1. The molecule has 1 fully saturated rings. The molecular formula is C12H18N4O. The molecule has 2 heterocycles. The van der Waals surface area contributed by atoms with Crippen molar-refractivity contribution in [2.24, 2.45) is 5.92 Å². The summed E-state index contributed by atoms with van der Waals surface area (Å²) in [6, 6.07) is 3.77. The van der Waals surface area contributed by atoms with E-state index in [-0.39, 0.29) is 11.8 Å². The molecule has 0 aromatic carbocycles. The van der Waals surface area contributed by atoms with Crippen LogP contribution >= 0.6 is 0 Å². The predicted octanol–water partition coefficient (Wildman–Crippen LogP) is 0.696. The van der Waals surface area contributed by atoms with Crippen LogP contribution in [0.1, 0.15) is 6.42 Å². The molecule has 1 unspecified atom stereocenters. The molecule has 0 spiro atoms. The molecule has 17 heavy (non-hydrogen) atoms. The maximum absolute atomic E-state index is 11.8. The molecule has 2 N–H and O–H groups in total. The zero-order valence-electron chi connectivity index (χ0n) is 10.2. The molecule has 1 aromatic heterocycles. The molecule has 1 saturated heterocycles. The summed E-state index contributed by atoms with van der Waals surface area (Å²) in [7, 11) is 3.92. The number of carbonyl (C=O) groups is 1. The summed E-state index contributed by atoms with van der Waals surface area (Å²) in [5.74, 6) is 0.748. The molecule has 5 nitrogen and oxygen atoms in total. The van der Waals surface area contributed by atoms with Crippen LogP contribution in [0.3, 0.4) is 0 Å². The molecular weight excluding hydrogens is 216 g/mol. The van der Waals surface area contributed by atoms with Gasteiger partial charge in [0, 0.05) is 20.6 Å². The van der Waals surface area contributed by atoms with Crippen LogP contribution in [0, 0.1) is 5.92 Å². The summed E-state index contributed by atoms with van der Waals surface area (Å²) in [4.78, 5) is 18.0. The predicted molar refractivity (Wildman–Crippen MR) is 68.2 cm³/mol. The van der Waals surface area contributed by atoms with Gasteiger partial charge in [0.1, 0.15) is 5.82 Å². The van der Waals surface area contributed by atoms with Crippen molar-refractivity contribution in [3.63, 3.8) is 0 Å². The number of rotatable bonds is 3. The molecule has 1 atom stereocenters. The average molecular weight is 234 g/mol. The highest BCUT2D eigenvalue weighted by molar-refractivity contribution is 5.92. The first-order valence-corrected chi connectivity index (χ1v) is 5.82. The van der Waals surface area contributed by atoms with Gasteiger partial charge in [0.2, 0.25) is 5.91 Å². The van der Waals surface area contributed by atoms with Crippen LogP contribution in [0.4, 0.5) is 11.5 Å². The molecule has 0 aliphatic carbocycles. The first kappa shape index (κ1) is 11.9. The van der Waals surface area contributed by atoms with E-state index in [1.165, 1.54) is 0 Å². The topological polar surface area (TPSA) is 57.3 Å². The van der Waals surface area contributed by atoms with Crippen molar-refractivity contribution in [3.8, 4) is 0 Å². The number of hydrogen-bond donors (Lipinski definition) is 2. The smallest absolute Gasteiger partial charge is 0.229 e. The second kappa shape index (κ2) is 5.14. The van der Waals surface area contributed by atoms with Gasteiger partial charge in [-0.3, -0.25) is 4.79 Å². The number of aromatic nitrogens is 1. The quantitative estimate of drug-likeness (QED) is 0.808. The van der Waals surface area contributed by atoms with E-state index in [1.807, 2.05) is 31.1 Å².